The van der Waals surface area contributed by atoms with Crippen molar-refractivity contribution >= 4 is 46.1 Å². The Kier molecular flexibility index (Phi) is 8.41. The highest BCUT2D eigenvalue weighted by atomic mass is 19.1. The number of rotatable bonds is 9. The summed E-state index contributed by atoms with van der Waals surface area (Å²) in [5.41, 5.74) is 4.92. The van der Waals surface area contributed by atoms with Gasteiger partial charge >= 0.3 is 5.97 Å². The summed E-state index contributed by atoms with van der Waals surface area (Å²) < 4.78 is 18.7. The molecule has 0 spiro atoms. The zero-order valence-corrected chi connectivity index (χ0v) is 22.4. The first kappa shape index (κ1) is 27.5. The van der Waals surface area contributed by atoms with Crippen LogP contribution in [0, 0.1) is 5.82 Å². The van der Waals surface area contributed by atoms with Gasteiger partial charge in [0, 0.05) is 30.4 Å². The summed E-state index contributed by atoms with van der Waals surface area (Å²) in [6.45, 7) is 0.286. The van der Waals surface area contributed by atoms with Gasteiger partial charge in [0.1, 0.15) is 5.82 Å². The maximum absolute atomic E-state index is 13.9. The lowest BCUT2D eigenvalue weighted by molar-refractivity contribution is -0.140. The van der Waals surface area contributed by atoms with Crippen LogP contribution in [0.5, 0.6) is 0 Å². The number of ether oxygens (including phenoxy) is 1. The molecule has 2 N–H and O–H groups in total. The van der Waals surface area contributed by atoms with Gasteiger partial charge in [-0.05, 0) is 80.2 Å². The van der Waals surface area contributed by atoms with Gasteiger partial charge in [-0.1, -0.05) is 18.2 Å². The van der Waals surface area contributed by atoms with Gasteiger partial charge in [0.05, 0.1) is 30.6 Å². The summed E-state index contributed by atoms with van der Waals surface area (Å²) in [6, 6.07) is 19.0. The number of halogens is 1. The number of likely N-dealkylation sites (N-methyl/N-ethyl adjacent to an activating group) is 2. The highest BCUT2D eigenvalue weighted by molar-refractivity contribution is 6.37. The van der Waals surface area contributed by atoms with E-state index in [9.17, 15) is 18.8 Å². The van der Waals surface area contributed by atoms with Crippen molar-refractivity contribution < 1.29 is 23.5 Å². The molecule has 1 heterocycles. The number of carbonyl (C=O) groups is 3. The van der Waals surface area contributed by atoms with Crippen LogP contribution in [0.25, 0.3) is 11.3 Å². The van der Waals surface area contributed by atoms with E-state index in [1.807, 2.05) is 67.5 Å². The normalized spacial score (nSPS) is 13.5. The van der Waals surface area contributed by atoms with E-state index in [0.717, 1.165) is 16.8 Å². The molecule has 0 fully saturated rings. The molecule has 0 aliphatic carbocycles. The third-order valence-electron chi connectivity index (χ3n) is 6.39. The van der Waals surface area contributed by atoms with Crippen molar-refractivity contribution in [2.45, 2.75) is 12.8 Å². The number of hydrogen-bond acceptors (Lipinski definition) is 6. The van der Waals surface area contributed by atoms with E-state index < -0.39 is 5.82 Å². The van der Waals surface area contributed by atoms with Crippen LogP contribution in [-0.4, -0.2) is 57.5 Å². The fourth-order valence-electron chi connectivity index (χ4n) is 4.34. The SMILES string of the molecule is COC(=O)CCc1cccc(C(Nc2ccc(N(C)C(=O)CN(C)C)cc2)=C2C(=O)Nc3cc(F)ccc32)c1. The minimum atomic E-state index is -0.446. The van der Waals surface area contributed by atoms with Crippen molar-refractivity contribution in [2.24, 2.45) is 0 Å². The summed E-state index contributed by atoms with van der Waals surface area (Å²) in [7, 11) is 6.75. The number of nitrogens with zero attached hydrogens (tertiary/aromatic N) is 2. The number of hydrogen-bond donors (Lipinski definition) is 2. The molecule has 9 heteroatoms. The lowest BCUT2D eigenvalue weighted by atomic mass is 9.97. The van der Waals surface area contributed by atoms with E-state index in [1.165, 1.54) is 19.2 Å². The smallest absolute Gasteiger partial charge is 0.305 e. The number of nitrogens with one attached hydrogen (secondary N) is 2. The van der Waals surface area contributed by atoms with Crippen LogP contribution < -0.4 is 15.5 Å². The van der Waals surface area contributed by atoms with Crippen molar-refractivity contribution in [1.82, 2.24) is 4.90 Å². The van der Waals surface area contributed by atoms with E-state index in [-0.39, 0.29) is 30.7 Å². The third kappa shape index (κ3) is 6.50. The minimum Gasteiger partial charge on any atom is -0.469 e. The fourth-order valence-corrected chi connectivity index (χ4v) is 4.34. The Morgan fingerprint density at radius 3 is 2.44 bits per heavy atom. The Morgan fingerprint density at radius 1 is 1.00 bits per heavy atom. The minimum absolute atomic E-state index is 0.0428. The van der Waals surface area contributed by atoms with Crippen molar-refractivity contribution in [2.75, 3.05) is 50.3 Å². The van der Waals surface area contributed by atoms with E-state index in [1.54, 1.807) is 18.0 Å². The molecular weight excluding hydrogens is 499 g/mol. The summed E-state index contributed by atoms with van der Waals surface area (Å²) in [4.78, 5) is 40.7. The molecule has 39 heavy (non-hydrogen) atoms. The standard InChI is InChI=1S/C30H31FN4O4/c1-34(2)18-26(36)35(3)23-12-10-22(11-13-23)32-29(20-7-5-6-19(16-20)8-15-27(37)39-4)28-24-14-9-21(31)17-25(24)33-30(28)38/h5-7,9-14,16-17,32H,8,15,18H2,1-4H3,(H,33,38). The zero-order chi connectivity index (χ0) is 28.1. The fraction of sp³-hybridized carbons (Fsp3) is 0.233. The van der Waals surface area contributed by atoms with E-state index in [4.69, 9.17) is 4.74 Å². The van der Waals surface area contributed by atoms with E-state index in [2.05, 4.69) is 10.6 Å². The molecule has 3 aromatic carbocycles. The molecule has 4 rings (SSSR count). The number of fused-ring (bicyclic) bond motifs is 1. The molecule has 1 aliphatic rings. The third-order valence-corrected chi connectivity index (χ3v) is 6.39. The maximum Gasteiger partial charge on any atom is 0.305 e. The van der Waals surface area contributed by atoms with Crippen LogP contribution in [0.15, 0.2) is 66.7 Å². The second-order valence-electron chi connectivity index (χ2n) is 9.53. The van der Waals surface area contributed by atoms with E-state index >= 15 is 0 Å². The van der Waals surface area contributed by atoms with Crippen molar-refractivity contribution in [3.63, 3.8) is 0 Å². The molecule has 0 radical (unpaired) electrons. The van der Waals surface area contributed by atoms with Crippen LogP contribution >= 0.6 is 0 Å². The Balaban J connectivity index is 1.72. The number of aryl methyl sites for hydroxylation is 1. The van der Waals surface area contributed by atoms with Gasteiger partial charge < -0.3 is 25.2 Å². The van der Waals surface area contributed by atoms with Crippen molar-refractivity contribution in [3.05, 3.63) is 89.2 Å². The zero-order valence-electron chi connectivity index (χ0n) is 22.4. The molecule has 0 unspecified atom stereocenters. The van der Waals surface area contributed by atoms with Crippen molar-refractivity contribution in [3.8, 4) is 0 Å². The molecule has 0 saturated carbocycles. The average Bonchev–Trinajstić information content (AvgIpc) is 3.24. The summed E-state index contributed by atoms with van der Waals surface area (Å²) in [6.07, 6.45) is 0.697. The number of amides is 2. The molecule has 3 aromatic rings. The molecule has 0 aromatic heterocycles. The predicted octanol–water partition coefficient (Wildman–Crippen LogP) is 4.39. The van der Waals surface area contributed by atoms with Crippen LogP contribution in [-0.2, 0) is 25.5 Å². The van der Waals surface area contributed by atoms with Gasteiger partial charge in [-0.3, -0.25) is 14.4 Å². The van der Waals surface area contributed by atoms with Crippen LogP contribution in [0.4, 0.5) is 21.5 Å². The van der Waals surface area contributed by atoms with Crippen LogP contribution in [0.2, 0.25) is 0 Å². The van der Waals surface area contributed by atoms with Gasteiger partial charge in [-0.2, -0.15) is 0 Å². The largest absolute Gasteiger partial charge is 0.469 e. The van der Waals surface area contributed by atoms with Crippen molar-refractivity contribution in [1.29, 1.82) is 0 Å². The first-order valence-corrected chi connectivity index (χ1v) is 12.5. The molecular formula is C30H31FN4O4. The molecule has 2 amide bonds. The maximum atomic E-state index is 13.9. The Hall–Kier alpha value is -4.50. The Labute approximate surface area is 227 Å². The lowest BCUT2D eigenvalue weighted by Crippen LogP contribution is -2.34. The van der Waals surface area contributed by atoms with Gasteiger partial charge in [-0.15, -0.1) is 0 Å². The molecule has 202 valence electrons. The molecule has 8 nitrogen and oxygen atoms in total. The first-order chi connectivity index (χ1) is 18.7. The number of carbonyl (C=O) groups excluding carboxylic acids is 3. The van der Waals surface area contributed by atoms with Crippen LogP contribution in [0.1, 0.15) is 23.1 Å². The quantitative estimate of drug-likeness (QED) is 0.315. The predicted molar refractivity (Wildman–Crippen MR) is 151 cm³/mol. The second-order valence-corrected chi connectivity index (χ2v) is 9.53. The summed E-state index contributed by atoms with van der Waals surface area (Å²) >= 11 is 0. The molecule has 0 saturated heterocycles. The topological polar surface area (TPSA) is 91.0 Å². The van der Waals surface area contributed by atoms with Gasteiger partial charge in [0.25, 0.3) is 5.91 Å². The molecule has 0 atom stereocenters. The number of methoxy groups -OCH3 is 1. The van der Waals surface area contributed by atoms with E-state index in [0.29, 0.717) is 34.6 Å². The second kappa shape index (κ2) is 11.9. The van der Waals surface area contributed by atoms with Gasteiger partial charge in [0.15, 0.2) is 0 Å². The number of anilines is 3. The number of esters is 1. The molecule has 0 bridgehead atoms. The monoisotopic (exact) mass is 530 g/mol. The Morgan fingerprint density at radius 2 is 1.74 bits per heavy atom. The Bertz CT molecular complexity index is 1430. The van der Waals surface area contributed by atoms with Crippen LogP contribution in [0.3, 0.4) is 0 Å². The van der Waals surface area contributed by atoms with Gasteiger partial charge in [0.2, 0.25) is 5.91 Å². The summed E-state index contributed by atoms with van der Waals surface area (Å²) in [5.74, 6) is -1.15. The highest BCUT2D eigenvalue weighted by Crippen LogP contribution is 2.38. The first-order valence-electron chi connectivity index (χ1n) is 12.5. The lowest BCUT2D eigenvalue weighted by Gasteiger charge is -2.20. The highest BCUT2D eigenvalue weighted by Gasteiger charge is 2.29. The molecule has 1 aliphatic heterocycles. The number of benzene rings is 3. The van der Waals surface area contributed by atoms with Gasteiger partial charge in [-0.25, -0.2) is 4.39 Å². The summed E-state index contributed by atoms with van der Waals surface area (Å²) in [5, 5.41) is 6.13. The average molecular weight is 531 g/mol.